The summed E-state index contributed by atoms with van der Waals surface area (Å²) in [4.78, 5) is 4.09. The summed E-state index contributed by atoms with van der Waals surface area (Å²) in [6.07, 6.45) is 1.52. The van der Waals surface area contributed by atoms with Crippen molar-refractivity contribution in [1.82, 2.24) is 4.98 Å². The predicted octanol–water partition coefficient (Wildman–Crippen LogP) is 2.71. The van der Waals surface area contributed by atoms with Gasteiger partial charge in [-0.05, 0) is 17.7 Å². The Morgan fingerprint density at radius 2 is 2.11 bits per heavy atom. The topological polar surface area (TPSA) is 66.6 Å². The first-order valence-corrected chi connectivity index (χ1v) is 6.06. The van der Waals surface area contributed by atoms with Crippen molar-refractivity contribution in [2.24, 2.45) is 5.73 Å². The highest BCUT2D eigenvalue weighted by Crippen LogP contribution is 2.36. The molecule has 2 aromatic rings. The number of benzene rings is 1. The SMILES string of the molecule is NCc1cc(Oc2ccc3c(c2)OCO3)ncc1Cl. The Hall–Kier alpha value is -1.98. The molecule has 0 bridgehead atoms. The van der Waals surface area contributed by atoms with E-state index >= 15 is 0 Å². The maximum atomic E-state index is 5.94. The highest BCUT2D eigenvalue weighted by Gasteiger charge is 2.14. The summed E-state index contributed by atoms with van der Waals surface area (Å²) in [5.74, 6) is 2.41. The third kappa shape index (κ3) is 2.43. The standard InChI is InChI=1S/C13H11ClN2O3/c14-10-6-16-13(3-8(10)5-15)19-9-1-2-11-12(4-9)18-7-17-11/h1-4,6H,5,7,15H2. The number of rotatable bonds is 3. The van der Waals surface area contributed by atoms with Gasteiger partial charge in [-0.2, -0.15) is 0 Å². The smallest absolute Gasteiger partial charge is 0.231 e. The van der Waals surface area contributed by atoms with E-state index in [2.05, 4.69) is 4.98 Å². The van der Waals surface area contributed by atoms with Crippen molar-refractivity contribution in [1.29, 1.82) is 0 Å². The summed E-state index contributed by atoms with van der Waals surface area (Å²) in [6.45, 7) is 0.564. The maximum absolute atomic E-state index is 5.94. The van der Waals surface area contributed by atoms with Crippen LogP contribution in [-0.2, 0) is 6.54 Å². The second-order valence-corrected chi connectivity index (χ2v) is 4.34. The lowest BCUT2D eigenvalue weighted by atomic mass is 10.2. The van der Waals surface area contributed by atoms with Crippen LogP contribution in [0.4, 0.5) is 0 Å². The van der Waals surface area contributed by atoms with Gasteiger partial charge in [0.15, 0.2) is 11.5 Å². The minimum atomic E-state index is 0.231. The Labute approximate surface area is 114 Å². The monoisotopic (exact) mass is 278 g/mol. The molecule has 0 amide bonds. The van der Waals surface area contributed by atoms with E-state index in [0.717, 1.165) is 5.56 Å². The molecule has 0 saturated heterocycles. The molecule has 1 aromatic carbocycles. The number of aromatic nitrogens is 1. The van der Waals surface area contributed by atoms with Crippen LogP contribution in [0.1, 0.15) is 5.56 Å². The number of ether oxygens (including phenoxy) is 3. The summed E-state index contributed by atoms with van der Waals surface area (Å²) >= 11 is 5.94. The maximum Gasteiger partial charge on any atom is 0.231 e. The molecule has 19 heavy (non-hydrogen) atoms. The summed E-state index contributed by atoms with van der Waals surface area (Å²) in [5, 5.41) is 0.528. The Morgan fingerprint density at radius 1 is 1.26 bits per heavy atom. The summed E-state index contributed by atoms with van der Waals surface area (Å²) in [6, 6.07) is 7.04. The fourth-order valence-electron chi connectivity index (χ4n) is 1.73. The van der Waals surface area contributed by atoms with E-state index in [1.165, 1.54) is 6.20 Å². The molecular formula is C13H11ClN2O3. The minimum absolute atomic E-state index is 0.231. The fraction of sp³-hybridized carbons (Fsp3) is 0.154. The van der Waals surface area contributed by atoms with Crippen LogP contribution in [0.2, 0.25) is 5.02 Å². The number of hydrogen-bond acceptors (Lipinski definition) is 5. The molecule has 0 aliphatic carbocycles. The predicted molar refractivity (Wildman–Crippen MR) is 69.8 cm³/mol. The number of hydrogen-bond donors (Lipinski definition) is 1. The fourth-order valence-corrected chi connectivity index (χ4v) is 1.91. The van der Waals surface area contributed by atoms with Crippen molar-refractivity contribution < 1.29 is 14.2 Å². The molecule has 0 atom stereocenters. The van der Waals surface area contributed by atoms with Gasteiger partial charge in [0.1, 0.15) is 5.75 Å². The molecule has 2 N–H and O–H groups in total. The van der Waals surface area contributed by atoms with Gasteiger partial charge in [-0.3, -0.25) is 0 Å². The first kappa shape index (κ1) is 12.1. The van der Waals surface area contributed by atoms with Gasteiger partial charge in [-0.25, -0.2) is 4.98 Å². The van der Waals surface area contributed by atoms with Crippen molar-refractivity contribution in [3.63, 3.8) is 0 Å². The van der Waals surface area contributed by atoms with E-state index in [9.17, 15) is 0 Å². The van der Waals surface area contributed by atoms with Gasteiger partial charge >= 0.3 is 0 Å². The first-order valence-electron chi connectivity index (χ1n) is 5.68. The molecule has 0 saturated carbocycles. The molecule has 5 nitrogen and oxygen atoms in total. The Kier molecular flexibility index (Phi) is 3.15. The van der Waals surface area contributed by atoms with Crippen LogP contribution >= 0.6 is 11.6 Å². The van der Waals surface area contributed by atoms with Crippen molar-refractivity contribution >= 4 is 11.6 Å². The van der Waals surface area contributed by atoms with E-state index in [0.29, 0.717) is 34.7 Å². The average molecular weight is 279 g/mol. The molecule has 2 heterocycles. The summed E-state index contributed by atoms with van der Waals surface area (Å²) in [5.41, 5.74) is 6.37. The molecule has 1 aromatic heterocycles. The second-order valence-electron chi connectivity index (χ2n) is 3.94. The quantitative estimate of drug-likeness (QED) is 0.935. The number of halogens is 1. The van der Waals surface area contributed by atoms with E-state index in [4.69, 9.17) is 31.5 Å². The molecule has 0 spiro atoms. The van der Waals surface area contributed by atoms with Gasteiger partial charge < -0.3 is 19.9 Å². The van der Waals surface area contributed by atoms with Crippen LogP contribution in [0.25, 0.3) is 0 Å². The molecule has 6 heteroatoms. The molecule has 98 valence electrons. The van der Waals surface area contributed by atoms with Crippen LogP contribution in [0.5, 0.6) is 23.1 Å². The molecule has 1 aliphatic heterocycles. The average Bonchev–Trinajstić information content (AvgIpc) is 2.88. The second kappa shape index (κ2) is 4.95. The lowest BCUT2D eigenvalue weighted by molar-refractivity contribution is 0.174. The van der Waals surface area contributed by atoms with Gasteiger partial charge in [0.05, 0.1) is 5.02 Å². The number of pyridine rings is 1. The normalized spacial score (nSPS) is 12.5. The third-order valence-corrected chi connectivity index (χ3v) is 3.04. The number of nitrogens with zero attached hydrogens (tertiary/aromatic N) is 1. The lowest BCUT2D eigenvalue weighted by Crippen LogP contribution is -1.99. The van der Waals surface area contributed by atoms with E-state index < -0.39 is 0 Å². The van der Waals surface area contributed by atoms with Crippen LogP contribution in [-0.4, -0.2) is 11.8 Å². The summed E-state index contributed by atoms with van der Waals surface area (Å²) < 4.78 is 16.1. The van der Waals surface area contributed by atoms with Crippen LogP contribution in [0.3, 0.4) is 0 Å². The highest BCUT2D eigenvalue weighted by molar-refractivity contribution is 6.31. The first-order chi connectivity index (χ1) is 9.26. The molecular weight excluding hydrogens is 268 g/mol. The Morgan fingerprint density at radius 3 is 2.95 bits per heavy atom. The Balaban J connectivity index is 1.85. The zero-order chi connectivity index (χ0) is 13.2. The van der Waals surface area contributed by atoms with Gasteiger partial charge in [0.25, 0.3) is 0 Å². The lowest BCUT2D eigenvalue weighted by Gasteiger charge is -2.07. The zero-order valence-corrected chi connectivity index (χ0v) is 10.7. The zero-order valence-electron chi connectivity index (χ0n) is 9.93. The van der Waals surface area contributed by atoms with Crippen LogP contribution < -0.4 is 19.9 Å². The minimum Gasteiger partial charge on any atom is -0.454 e. The number of fused-ring (bicyclic) bond motifs is 1. The van der Waals surface area contributed by atoms with Crippen LogP contribution in [0.15, 0.2) is 30.5 Å². The summed E-state index contributed by atoms with van der Waals surface area (Å²) in [7, 11) is 0. The van der Waals surface area contributed by atoms with Gasteiger partial charge in [-0.15, -0.1) is 0 Å². The highest BCUT2D eigenvalue weighted by atomic mass is 35.5. The molecule has 3 rings (SSSR count). The van der Waals surface area contributed by atoms with Crippen molar-refractivity contribution in [2.75, 3.05) is 6.79 Å². The van der Waals surface area contributed by atoms with Crippen molar-refractivity contribution in [3.05, 3.63) is 41.0 Å². The van der Waals surface area contributed by atoms with E-state index in [1.807, 2.05) is 0 Å². The Bertz CT molecular complexity index is 610. The van der Waals surface area contributed by atoms with Crippen LogP contribution in [0, 0.1) is 0 Å². The van der Waals surface area contributed by atoms with Crippen molar-refractivity contribution in [3.8, 4) is 23.1 Å². The number of nitrogens with two attached hydrogens (primary N) is 1. The molecule has 0 radical (unpaired) electrons. The van der Waals surface area contributed by atoms with Gasteiger partial charge in [-0.1, -0.05) is 11.6 Å². The molecule has 1 aliphatic rings. The van der Waals surface area contributed by atoms with E-state index in [1.54, 1.807) is 24.3 Å². The third-order valence-electron chi connectivity index (χ3n) is 2.70. The van der Waals surface area contributed by atoms with Gasteiger partial charge in [0.2, 0.25) is 12.7 Å². The largest absolute Gasteiger partial charge is 0.454 e. The van der Waals surface area contributed by atoms with E-state index in [-0.39, 0.29) is 6.79 Å². The molecule has 0 unspecified atom stereocenters. The van der Waals surface area contributed by atoms with Crippen molar-refractivity contribution in [2.45, 2.75) is 6.54 Å². The molecule has 0 fully saturated rings. The van der Waals surface area contributed by atoms with Gasteiger partial charge in [0, 0.05) is 24.9 Å².